The van der Waals surface area contributed by atoms with E-state index in [2.05, 4.69) is 36.9 Å². The van der Waals surface area contributed by atoms with Gasteiger partial charge in [0.25, 0.3) is 0 Å². The lowest BCUT2D eigenvalue weighted by Gasteiger charge is -2.16. The maximum absolute atomic E-state index is 10.6. The standard InChI is InChI=1S/C13H17NO/c1-3-14-9-11(6-7-15)12-8-10(2)4-5-13(12)14/h4-5,7-8,11H,3,6,9H2,1-2H3. The van der Waals surface area contributed by atoms with Gasteiger partial charge in [-0.1, -0.05) is 17.7 Å². The lowest BCUT2D eigenvalue weighted by Crippen LogP contribution is -2.21. The Morgan fingerprint density at radius 2 is 2.33 bits per heavy atom. The first-order chi connectivity index (χ1) is 7.26. The second kappa shape index (κ2) is 4.05. The molecule has 1 heterocycles. The van der Waals surface area contributed by atoms with Crippen LogP contribution in [-0.4, -0.2) is 19.4 Å². The third kappa shape index (κ3) is 1.76. The largest absolute Gasteiger partial charge is 0.371 e. The van der Waals surface area contributed by atoms with E-state index < -0.39 is 0 Å². The van der Waals surface area contributed by atoms with Crippen molar-refractivity contribution in [2.24, 2.45) is 0 Å². The van der Waals surface area contributed by atoms with Crippen molar-refractivity contribution in [1.82, 2.24) is 0 Å². The molecular formula is C13H17NO. The first-order valence-electron chi connectivity index (χ1n) is 5.55. The van der Waals surface area contributed by atoms with Crippen LogP contribution in [0.2, 0.25) is 0 Å². The van der Waals surface area contributed by atoms with Gasteiger partial charge in [-0.05, 0) is 25.5 Å². The van der Waals surface area contributed by atoms with E-state index in [0.717, 1.165) is 19.4 Å². The topological polar surface area (TPSA) is 20.3 Å². The van der Waals surface area contributed by atoms with Gasteiger partial charge >= 0.3 is 0 Å². The average Bonchev–Trinajstić information content (AvgIpc) is 2.57. The Kier molecular flexibility index (Phi) is 2.76. The van der Waals surface area contributed by atoms with E-state index in [1.807, 2.05) is 0 Å². The average molecular weight is 203 g/mol. The molecule has 0 aromatic heterocycles. The van der Waals surface area contributed by atoms with Gasteiger partial charge in [-0.25, -0.2) is 0 Å². The van der Waals surface area contributed by atoms with Crippen LogP contribution in [0, 0.1) is 6.92 Å². The molecule has 0 saturated carbocycles. The molecule has 1 aromatic rings. The number of aldehydes is 1. The molecule has 1 aromatic carbocycles. The molecule has 2 nitrogen and oxygen atoms in total. The van der Waals surface area contributed by atoms with E-state index in [0.29, 0.717) is 12.3 Å². The molecule has 1 unspecified atom stereocenters. The van der Waals surface area contributed by atoms with Crippen molar-refractivity contribution in [2.45, 2.75) is 26.2 Å². The van der Waals surface area contributed by atoms with E-state index in [1.54, 1.807) is 0 Å². The van der Waals surface area contributed by atoms with Crippen molar-refractivity contribution < 1.29 is 4.79 Å². The number of rotatable bonds is 3. The molecule has 1 aliphatic rings. The molecule has 0 bridgehead atoms. The number of aryl methyl sites for hydroxylation is 1. The van der Waals surface area contributed by atoms with Gasteiger partial charge in [0.15, 0.2) is 0 Å². The second-order valence-corrected chi connectivity index (χ2v) is 4.20. The fourth-order valence-corrected chi connectivity index (χ4v) is 2.37. The van der Waals surface area contributed by atoms with Crippen LogP contribution in [0.15, 0.2) is 18.2 Å². The van der Waals surface area contributed by atoms with Crippen LogP contribution in [0.25, 0.3) is 0 Å². The van der Waals surface area contributed by atoms with Gasteiger partial charge in [-0.15, -0.1) is 0 Å². The highest BCUT2D eigenvalue weighted by Gasteiger charge is 2.26. The summed E-state index contributed by atoms with van der Waals surface area (Å²) in [7, 11) is 0. The molecule has 1 aliphatic heterocycles. The first kappa shape index (κ1) is 10.2. The Balaban J connectivity index is 2.38. The zero-order chi connectivity index (χ0) is 10.8. The van der Waals surface area contributed by atoms with E-state index in [4.69, 9.17) is 0 Å². The summed E-state index contributed by atoms with van der Waals surface area (Å²) in [5, 5.41) is 0. The van der Waals surface area contributed by atoms with Crippen molar-refractivity contribution in [1.29, 1.82) is 0 Å². The maximum atomic E-state index is 10.6. The zero-order valence-corrected chi connectivity index (χ0v) is 9.36. The number of benzene rings is 1. The quantitative estimate of drug-likeness (QED) is 0.703. The number of carbonyl (C=O) groups is 1. The fraction of sp³-hybridized carbons (Fsp3) is 0.462. The van der Waals surface area contributed by atoms with Gasteiger partial charge < -0.3 is 9.69 Å². The highest BCUT2D eigenvalue weighted by molar-refractivity contribution is 5.64. The van der Waals surface area contributed by atoms with Gasteiger partial charge in [0, 0.05) is 31.1 Å². The summed E-state index contributed by atoms with van der Waals surface area (Å²) in [5.41, 5.74) is 3.95. The normalized spacial score (nSPS) is 19.1. The minimum atomic E-state index is 0.400. The molecule has 2 rings (SSSR count). The molecule has 0 saturated heterocycles. The molecular weight excluding hydrogens is 186 g/mol. The van der Waals surface area contributed by atoms with Crippen LogP contribution in [0.5, 0.6) is 0 Å². The highest BCUT2D eigenvalue weighted by atomic mass is 16.1. The molecule has 80 valence electrons. The van der Waals surface area contributed by atoms with Crippen molar-refractivity contribution in [3.63, 3.8) is 0 Å². The predicted molar refractivity (Wildman–Crippen MR) is 62.5 cm³/mol. The maximum Gasteiger partial charge on any atom is 0.120 e. The van der Waals surface area contributed by atoms with Crippen LogP contribution in [0.3, 0.4) is 0 Å². The van der Waals surface area contributed by atoms with Crippen molar-refractivity contribution >= 4 is 12.0 Å². The van der Waals surface area contributed by atoms with Crippen LogP contribution in [0.4, 0.5) is 5.69 Å². The molecule has 0 N–H and O–H groups in total. The van der Waals surface area contributed by atoms with Crippen LogP contribution in [0.1, 0.15) is 30.4 Å². The minimum Gasteiger partial charge on any atom is -0.371 e. The van der Waals surface area contributed by atoms with Gasteiger partial charge in [-0.2, -0.15) is 0 Å². The highest BCUT2D eigenvalue weighted by Crippen LogP contribution is 2.37. The van der Waals surface area contributed by atoms with E-state index in [9.17, 15) is 4.79 Å². The van der Waals surface area contributed by atoms with Gasteiger partial charge in [0.1, 0.15) is 6.29 Å². The van der Waals surface area contributed by atoms with Crippen LogP contribution < -0.4 is 4.90 Å². The van der Waals surface area contributed by atoms with Gasteiger partial charge in [-0.3, -0.25) is 0 Å². The Labute approximate surface area is 90.9 Å². The zero-order valence-electron chi connectivity index (χ0n) is 9.36. The smallest absolute Gasteiger partial charge is 0.120 e. The van der Waals surface area contributed by atoms with Crippen molar-refractivity contribution in [3.05, 3.63) is 29.3 Å². The van der Waals surface area contributed by atoms with E-state index in [-0.39, 0.29) is 0 Å². The summed E-state index contributed by atoms with van der Waals surface area (Å²) in [6.45, 7) is 6.28. The van der Waals surface area contributed by atoms with Crippen LogP contribution >= 0.6 is 0 Å². The third-order valence-corrected chi connectivity index (χ3v) is 3.17. The summed E-state index contributed by atoms with van der Waals surface area (Å²) in [5.74, 6) is 0.400. The Morgan fingerprint density at radius 3 is 3.00 bits per heavy atom. The minimum absolute atomic E-state index is 0.400. The number of carbonyl (C=O) groups excluding carboxylic acids is 1. The number of hydrogen-bond donors (Lipinski definition) is 0. The summed E-state index contributed by atoms with van der Waals surface area (Å²) < 4.78 is 0. The van der Waals surface area contributed by atoms with E-state index >= 15 is 0 Å². The lowest BCUT2D eigenvalue weighted by molar-refractivity contribution is -0.108. The molecule has 0 spiro atoms. The summed E-state index contributed by atoms with van der Waals surface area (Å²) in [6, 6.07) is 6.54. The molecule has 0 aliphatic carbocycles. The summed E-state index contributed by atoms with van der Waals surface area (Å²) in [4.78, 5) is 13.0. The molecule has 1 atom stereocenters. The number of hydrogen-bond acceptors (Lipinski definition) is 2. The first-order valence-corrected chi connectivity index (χ1v) is 5.55. The SMILES string of the molecule is CCN1CC(CC=O)c2cc(C)ccc21. The monoisotopic (exact) mass is 203 g/mol. The number of anilines is 1. The van der Waals surface area contributed by atoms with Crippen molar-refractivity contribution in [3.8, 4) is 0 Å². The Bertz CT molecular complexity index is 373. The number of nitrogens with zero attached hydrogens (tertiary/aromatic N) is 1. The van der Waals surface area contributed by atoms with Gasteiger partial charge in [0.05, 0.1) is 0 Å². The summed E-state index contributed by atoms with van der Waals surface area (Å²) >= 11 is 0. The summed E-state index contributed by atoms with van der Waals surface area (Å²) in [6.07, 6.45) is 1.68. The van der Waals surface area contributed by atoms with Gasteiger partial charge in [0.2, 0.25) is 0 Å². The third-order valence-electron chi connectivity index (χ3n) is 3.17. The molecule has 0 fully saturated rings. The molecule has 2 heteroatoms. The molecule has 0 radical (unpaired) electrons. The molecule has 0 amide bonds. The van der Waals surface area contributed by atoms with Crippen molar-refractivity contribution in [2.75, 3.05) is 18.0 Å². The van der Waals surface area contributed by atoms with Crippen LogP contribution in [-0.2, 0) is 4.79 Å². The number of fused-ring (bicyclic) bond motifs is 1. The van der Waals surface area contributed by atoms with E-state index in [1.165, 1.54) is 16.8 Å². The lowest BCUT2D eigenvalue weighted by atomic mass is 9.97. The molecule has 15 heavy (non-hydrogen) atoms. The second-order valence-electron chi connectivity index (χ2n) is 4.20. The fourth-order valence-electron chi connectivity index (χ4n) is 2.37. The Morgan fingerprint density at radius 1 is 1.53 bits per heavy atom. The Hall–Kier alpha value is -1.31. The predicted octanol–water partition coefficient (Wildman–Crippen LogP) is 2.51. The number of likely N-dealkylation sites (N-methyl/N-ethyl adjacent to an activating group) is 1.